The number of amides is 5. The largest absolute Gasteiger partial charge is 0.347 e. The molecule has 0 spiro atoms. The lowest BCUT2D eigenvalue weighted by molar-refractivity contribution is -0.145. The third kappa shape index (κ3) is 8.90. The minimum atomic E-state index is -3.80. The SMILES string of the molecule is CCC[C@H](NC(=O)[C@@H]1CC(C(C)(C)C2CCC2)CN1C(=O)[C@@H](NC(=O)C(NC=O)C1CCCCC1)C(C)(C)C)C(=O)NS(=O)(=O)C1CC1. The maximum absolute atomic E-state index is 14.6. The van der Waals surface area contributed by atoms with Crippen LogP contribution in [0.5, 0.6) is 0 Å². The molecule has 3 aliphatic carbocycles. The van der Waals surface area contributed by atoms with Crippen molar-refractivity contribution in [3.05, 3.63) is 0 Å². The molecule has 48 heavy (non-hydrogen) atoms. The molecule has 1 saturated heterocycles. The number of carbonyl (C=O) groups excluding carboxylic acids is 5. The van der Waals surface area contributed by atoms with Crippen LogP contribution in [0.1, 0.15) is 125 Å². The lowest BCUT2D eigenvalue weighted by Crippen LogP contribution is -2.61. The molecule has 12 nitrogen and oxygen atoms in total. The highest BCUT2D eigenvalue weighted by Gasteiger charge is 2.51. The van der Waals surface area contributed by atoms with E-state index in [1.165, 1.54) is 0 Å². The number of rotatable bonds is 15. The van der Waals surface area contributed by atoms with Gasteiger partial charge < -0.3 is 20.9 Å². The molecule has 0 bridgehead atoms. The van der Waals surface area contributed by atoms with Crippen molar-refractivity contribution in [2.75, 3.05) is 6.54 Å². The monoisotopic (exact) mass is 693 g/mol. The van der Waals surface area contributed by atoms with Gasteiger partial charge in [0.2, 0.25) is 34.2 Å². The van der Waals surface area contributed by atoms with Gasteiger partial charge in [0.25, 0.3) is 5.91 Å². The summed E-state index contributed by atoms with van der Waals surface area (Å²) in [6.07, 6.45) is 10.7. The van der Waals surface area contributed by atoms with Crippen LogP contribution in [0.25, 0.3) is 0 Å². The Hall–Kier alpha value is -2.70. The molecule has 272 valence electrons. The Labute approximate surface area is 287 Å². The molecule has 0 aromatic heterocycles. The second-order valence-electron chi connectivity index (χ2n) is 16.4. The van der Waals surface area contributed by atoms with E-state index in [-0.39, 0.29) is 29.6 Å². The van der Waals surface area contributed by atoms with E-state index in [2.05, 4.69) is 34.5 Å². The van der Waals surface area contributed by atoms with Gasteiger partial charge in [-0.3, -0.25) is 28.7 Å². The van der Waals surface area contributed by atoms with Crippen LogP contribution in [-0.2, 0) is 34.0 Å². The Morgan fingerprint density at radius 3 is 2.02 bits per heavy atom. The van der Waals surface area contributed by atoms with Crippen molar-refractivity contribution in [1.82, 2.24) is 25.6 Å². The highest BCUT2D eigenvalue weighted by Crippen LogP contribution is 2.50. The standard InChI is InChI=1S/C35H59N5O7S/c1-7-12-26(30(42)39-48(46,47)25-17-18-25)37-31(43)27-19-24(35(5,6)23-15-11-16-23)20-40(27)33(45)29(34(2,3)4)38-32(44)28(36-21-41)22-13-9-8-10-14-22/h21-29H,7-20H2,1-6H3,(H,36,41)(H,37,43)(H,38,44)(H,39,42)/t24?,26-,27-,28?,29+/m0/s1. The molecule has 1 heterocycles. The summed E-state index contributed by atoms with van der Waals surface area (Å²) < 4.78 is 27.2. The highest BCUT2D eigenvalue weighted by molar-refractivity contribution is 7.90. The Morgan fingerprint density at radius 2 is 1.50 bits per heavy atom. The predicted molar refractivity (Wildman–Crippen MR) is 183 cm³/mol. The van der Waals surface area contributed by atoms with Crippen LogP contribution >= 0.6 is 0 Å². The second-order valence-corrected chi connectivity index (χ2v) is 18.4. The molecule has 5 amide bonds. The van der Waals surface area contributed by atoms with Gasteiger partial charge in [-0.2, -0.15) is 0 Å². The molecular weight excluding hydrogens is 634 g/mol. The van der Waals surface area contributed by atoms with E-state index in [0.29, 0.717) is 44.6 Å². The van der Waals surface area contributed by atoms with Gasteiger partial charge in [0.1, 0.15) is 24.2 Å². The van der Waals surface area contributed by atoms with Gasteiger partial charge in [-0.1, -0.05) is 73.6 Å². The third-order valence-corrected chi connectivity index (χ3v) is 13.4. The van der Waals surface area contributed by atoms with Crippen molar-refractivity contribution in [2.45, 2.75) is 154 Å². The topological polar surface area (TPSA) is 171 Å². The molecule has 0 aromatic rings. The number of carbonyl (C=O) groups is 5. The van der Waals surface area contributed by atoms with Gasteiger partial charge in [0, 0.05) is 6.54 Å². The minimum Gasteiger partial charge on any atom is -0.347 e. The zero-order valence-electron chi connectivity index (χ0n) is 29.8. The fourth-order valence-corrected chi connectivity index (χ4v) is 9.21. The predicted octanol–water partition coefficient (Wildman–Crippen LogP) is 3.15. The first-order valence-corrected chi connectivity index (χ1v) is 19.7. The van der Waals surface area contributed by atoms with Gasteiger partial charge in [-0.15, -0.1) is 0 Å². The maximum atomic E-state index is 14.6. The van der Waals surface area contributed by atoms with Crippen LogP contribution in [0, 0.1) is 28.6 Å². The summed E-state index contributed by atoms with van der Waals surface area (Å²) in [4.78, 5) is 68.8. The lowest BCUT2D eigenvalue weighted by Gasteiger charge is -2.44. The molecule has 5 atom stereocenters. The van der Waals surface area contributed by atoms with Crippen LogP contribution < -0.4 is 20.7 Å². The average molecular weight is 694 g/mol. The van der Waals surface area contributed by atoms with Crippen molar-refractivity contribution >= 4 is 40.1 Å². The van der Waals surface area contributed by atoms with Crippen LogP contribution in [0.15, 0.2) is 0 Å². The number of hydrogen-bond donors (Lipinski definition) is 4. The van der Waals surface area contributed by atoms with Crippen molar-refractivity contribution < 1.29 is 32.4 Å². The Bertz CT molecular complexity index is 1300. The molecular formula is C35H59N5O7S. The van der Waals surface area contributed by atoms with E-state index < -0.39 is 62.6 Å². The van der Waals surface area contributed by atoms with Gasteiger partial charge in [-0.25, -0.2) is 8.42 Å². The Morgan fingerprint density at radius 1 is 0.854 bits per heavy atom. The molecule has 0 radical (unpaired) electrons. The zero-order chi connectivity index (χ0) is 35.4. The number of hydrogen-bond acceptors (Lipinski definition) is 7. The van der Waals surface area contributed by atoms with Gasteiger partial charge in [0.05, 0.1) is 5.25 Å². The van der Waals surface area contributed by atoms with E-state index in [1.807, 2.05) is 27.7 Å². The van der Waals surface area contributed by atoms with Crippen molar-refractivity contribution in [3.8, 4) is 0 Å². The molecule has 2 unspecified atom stereocenters. The van der Waals surface area contributed by atoms with Gasteiger partial charge >= 0.3 is 0 Å². The molecule has 4 N–H and O–H groups in total. The zero-order valence-corrected chi connectivity index (χ0v) is 30.6. The lowest BCUT2D eigenvalue weighted by atomic mass is 9.61. The molecule has 4 aliphatic rings. The highest BCUT2D eigenvalue weighted by atomic mass is 32.2. The van der Waals surface area contributed by atoms with E-state index >= 15 is 0 Å². The Balaban J connectivity index is 1.59. The third-order valence-electron chi connectivity index (χ3n) is 11.6. The molecule has 0 aromatic carbocycles. The number of nitrogens with zero attached hydrogens (tertiary/aromatic N) is 1. The number of nitrogens with one attached hydrogen (secondary N) is 4. The van der Waals surface area contributed by atoms with E-state index in [0.717, 1.165) is 51.4 Å². The summed E-state index contributed by atoms with van der Waals surface area (Å²) in [5, 5.41) is 7.91. The first-order valence-electron chi connectivity index (χ1n) is 18.2. The van der Waals surface area contributed by atoms with Crippen LogP contribution in [0.4, 0.5) is 0 Å². The molecule has 4 fully saturated rings. The van der Waals surface area contributed by atoms with Crippen LogP contribution in [0.2, 0.25) is 0 Å². The minimum absolute atomic E-state index is 0.000710. The fourth-order valence-electron chi connectivity index (χ4n) is 7.86. The maximum Gasteiger partial charge on any atom is 0.256 e. The van der Waals surface area contributed by atoms with Crippen molar-refractivity contribution in [3.63, 3.8) is 0 Å². The summed E-state index contributed by atoms with van der Waals surface area (Å²) in [6, 6.07) is -3.72. The first kappa shape index (κ1) is 38.1. The smallest absolute Gasteiger partial charge is 0.256 e. The normalized spacial score (nSPS) is 24.5. The van der Waals surface area contributed by atoms with E-state index in [4.69, 9.17) is 0 Å². The number of sulfonamides is 1. The number of likely N-dealkylation sites (tertiary alicyclic amines) is 1. The summed E-state index contributed by atoms with van der Waals surface area (Å²) in [5.74, 6) is -1.63. The van der Waals surface area contributed by atoms with Crippen molar-refractivity contribution in [2.24, 2.45) is 28.6 Å². The molecule has 3 saturated carbocycles. The van der Waals surface area contributed by atoms with Gasteiger partial charge in [-0.05, 0) is 80.0 Å². The second kappa shape index (κ2) is 15.5. The van der Waals surface area contributed by atoms with Crippen LogP contribution in [0.3, 0.4) is 0 Å². The molecule has 1 aliphatic heterocycles. The quantitative estimate of drug-likeness (QED) is 0.191. The summed E-state index contributed by atoms with van der Waals surface area (Å²) in [6.45, 7) is 12.2. The molecule has 13 heteroatoms. The van der Waals surface area contributed by atoms with E-state index in [9.17, 15) is 32.4 Å². The van der Waals surface area contributed by atoms with Crippen molar-refractivity contribution in [1.29, 1.82) is 0 Å². The van der Waals surface area contributed by atoms with E-state index in [1.54, 1.807) is 4.90 Å². The molecule has 4 rings (SSSR count). The van der Waals surface area contributed by atoms with Gasteiger partial charge in [0.15, 0.2) is 0 Å². The fraction of sp³-hybridized carbons (Fsp3) is 0.857. The first-order chi connectivity index (χ1) is 22.5. The summed E-state index contributed by atoms with van der Waals surface area (Å²) in [7, 11) is -3.80. The summed E-state index contributed by atoms with van der Waals surface area (Å²) >= 11 is 0. The Kier molecular flexibility index (Phi) is 12.3. The average Bonchev–Trinajstić information content (AvgIpc) is 3.75. The van der Waals surface area contributed by atoms with Crippen LogP contribution in [-0.4, -0.2) is 79.3 Å². The summed E-state index contributed by atoms with van der Waals surface area (Å²) in [5.41, 5.74) is -0.875.